The van der Waals surface area contributed by atoms with Crippen molar-refractivity contribution in [1.82, 2.24) is 9.97 Å². The number of phenols is 1. The van der Waals surface area contributed by atoms with Gasteiger partial charge >= 0.3 is 0 Å². The number of aromatic hydroxyl groups is 1. The fourth-order valence-electron chi connectivity index (χ4n) is 3.46. The molecule has 0 aliphatic carbocycles. The number of pyridine rings is 2. The molecule has 1 atom stereocenters. The van der Waals surface area contributed by atoms with Crippen LogP contribution in [-0.4, -0.2) is 20.0 Å². The number of hydrogen-bond donors (Lipinski definition) is 2. The normalized spacial score (nSPS) is 11.9. The van der Waals surface area contributed by atoms with Crippen LogP contribution >= 0.6 is 0 Å². The Kier molecular flexibility index (Phi) is 5.02. The number of rotatable bonds is 5. The molecule has 0 spiro atoms. The molecule has 0 amide bonds. The van der Waals surface area contributed by atoms with Crippen LogP contribution in [0.1, 0.15) is 28.6 Å². The number of nitrogens with zero attached hydrogens (tertiary/aromatic N) is 3. The number of aromatic nitrogens is 2. The molecule has 0 saturated carbocycles. The maximum Gasteiger partial charge on any atom is 0.269 e. The van der Waals surface area contributed by atoms with Crippen LogP contribution in [0, 0.1) is 24.0 Å². The quantitative estimate of drug-likeness (QED) is 0.359. The zero-order valence-electron chi connectivity index (χ0n) is 16.5. The maximum atomic E-state index is 11.1. The van der Waals surface area contributed by atoms with E-state index in [-0.39, 0.29) is 11.4 Å². The second-order valence-electron chi connectivity index (χ2n) is 7.12. The van der Waals surface area contributed by atoms with E-state index in [1.807, 2.05) is 49.4 Å². The average molecular weight is 400 g/mol. The molecule has 150 valence electrons. The Labute approximate surface area is 173 Å². The van der Waals surface area contributed by atoms with Gasteiger partial charge in [-0.2, -0.15) is 0 Å². The van der Waals surface area contributed by atoms with Crippen molar-refractivity contribution in [3.63, 3.8) is 0 Å². The Bertz CT molecular complexity index is 1240. The first-order chi connectivity index (χ1) is 14.4. The first-order valence-electron chi connectivity index (χ1n) is 9.46. The van der Waals surface area contributed by atoms with E-state index in [1.165, 1.54) is 12.1 Å². The summed E-state index contributed by atoms with van der Waals surface area (Å²) in [6.07, 6.45) is 1.69. The topological polar surface area (TPSA) is 101 Å². The molecule has 4 aromatic rings. The highest BCUT2D eigenvalue weighted by Gasteiger charge is 2.22. The first kappa shape index (κ1) is 19.3. The van der Waals surface area contributed by atoms with Gasteiger partial charge in [-0.05, 0) is 43.7 Å². The van der Waals surface area contributed by atoms with Crippen LogP contribution in [0.3, 0.4) is 0 Å². The van der Waals surface area contributed by atoms with Crippen LogP contribution in [0.5, 0.6) is 5.75 Å². The third-order valence-electron chi connectivity index (χ3n) is 5.02. The van der Waals surface area contributed by atoms with E-state index in [1.54, 1.807) is 19.2 Å². The molecule has 0 radical (unpaired) electrons. The largest absolute Gasteiger partial charge is 0.505 e. The number of non-ortho nitro benzene ring substituents is 1. The second-order valence-corrected chi connectivity index (χ2v) is 7.12. The summed E-state index contributed by atoms with van der Waals surface area (Å²) in [4.78, 5) is 19.6. The number of benzene rings is 2. The Balaban J connectivity index is 1.83. The number of nitro groups is 1. The smallest absolute Gasteiger partial charge is 0.269 e. The van der Waals surface area contributed by atoms with Crippen LogP contribution in [-0.2, 0) is 0 Å². The minimum Gasteiger partial charge on any atom is -0.505 e. The van der Waals surface area contributed by atoms with Crippen molar-refractivity contribution >= 4 is 22.3 Å². The summed E-state index contributed by atoms with van der Waals surface area (Å²) in [6, 6.07) is 17.3. The molecule has 0 fully saturated rings. The Morgan fingerprint density at radius 1 is 1.07 bits per heavy atom. The van der Waals surface area contributed by atoms with Gasteiger partial charge in [-0.15, -0.1) is 0 Å². The van der Waals surface area contributed by atoms with Crippen molar-refractivity contribution in [2.75, 3.05) is 5.32 Å². The molecule has 4 rings (SSSR count). The minimum atomic E-state index is -0.474. The van der Waals surface area contributed by atoms with Gasteiger partial charge in [-0.1, -0.05) is 24.3 Å². The Morgan fingerprint density at radius 3 is 2.57 bits per heavy atom. The van der Waals surface area contributed by atoms with Gasteiger partial charge in [0.15, 0.2) is 0 Å². The van der Waals surface area contributed by atoms with E-state index in [2.05, 4.69) is 15.3 Å². The van der Waals surface area contributed by atoms with Crippen molar-refractivity contribution < 1.29 is 10.0 Å². The summed E-state index contributed by atoms with van der Waals surface area (Å²) >= 11 is 0. The summed E-state index contributed by atoms with van der Waals surface area (Å²) < 4.78 is 0. The summed E-state index contributed by atoms with van der Waals surface area (Å²) in [5, 5.41) is 26.3. The van der Waals surface area contributed by atoms with E-state index in [9.17, 15) is 15.2 Å². The van der Waals surface area contributed by atoms with Crippen LogP contribution in [0.4, 0.5) is 11.4 Å². The van der Waals surface area contributed by atoms with Gasteiger partial charge in [0.25, 0.3) is 5.69 Å². The number of anilines is 1. The predicted molar refractivity (Wildman–Crippen MR) is 116 cm³/mol. The summed E-state index contributed by atoms with van der Waals surface area (Å²) in [7, 11) is 0. The average Bonchev–Trinajstić information content (AvgIpc) is 2.74. The van der Waals surface area contributed by atoms with E-state index < -0.39 is 11.0 Å². The number of phenolic OH excluding ortho intramolecular Hbond substituents is 1. The minimum absolute atomic E-state index is 0.0284. The van der Waals surface area contributed by atoms with Crippen molar-refractivity contribution in [3.05, 3.63) is 99.5 Å². The zero-order chi connectivity index (χ0) is 21.3. The van der Waals surface area contributed by atoms with E-state index in [0.717, 1.165) is 16.6 Å². The highest BCUT2D eigenvalue weighted by molar-refractivity contribution is 5.86. The molecule has 1 unspecified atom stereocenters. The Morgan fingerprint density at radius 2 is 1.87 bits per heavy atom. The summed E-state index contributed by atoms with van der Waals surface area (Å²) in [5.74, 6) is 0.0823. The van der Waals surface area contributed by atoms with Crippen LogP contribution in [0.25, 0.3) is 10.9 Å². The number of hydrogen-bond acceptors (Lipinski definition) is 6. The second kappa shape index (κ2) is 7.79. The lowest BCUT2D eigenvalue weighted by Crippen LogP contribution is -2.15. The van der Waals surface area contributed by atoms with Gasteiger partial charge < -0.3 is 10.4 Å². The number of nitro benzene ring substituents is 1. The number of fused-ring (bicyclic) bond motifs is 1. The summed E-state index contributed by atoms with van der Waals surface area (Å²) in [5.41, 5.74) is 4.13. The number of aryl methyl sites for hydroxylation is 2. The van der Waals surface area contributed by atoms with Crippen molar-refractivity contribution in [2.24, 2.45) is 0 Å². The molecule has 2 aromatic carbocycles. The molecule has 0 bridgehead atoms. The Hall–Kier alpha value is -4.00. The van der Waals surface area contributed by atoms with Crippen LogP contribution < -0.4 is 5.32 Å². The van der Waals surface area contributed by atoms with Crippen LogP contribution in [0.15, 0.2) is 66.9 Å². The van der Waals surface area contributed by atoms with Gasteiger partial charge in [-0.25, -0.2) is 4.98 Å². The maximum absolute atomic E-state index is 11.1. The molecule has 2 heterocycles. The number of nitrogens with one attached hydrogen (secondary N) is 1. The molecular weight excluding hydrogens is 380 g/mol. The predicted octanol–water partition coefficient (Wildman–Crippen LogP) is 5.06. The SMILES string of the molecule is Cc1ccc2ccc(C(Nc3ccc([N+](=O)[O-])cc3C)c3ccccn3)c(O)c2n1. The molecule has 2 N–H and O–H groups in total. The van der Waals surface area contributed by atoms with E-state index >= 15 is 0 Å². The molecule has 0 aliphatic rings. The fraction of sp³-hybridized carbons (Fsp3) is 0.130. The highest BCUT2D eigenvalue weighted by atomic mass is 16.6. The van der Waals surface area contributed by atoms with Gasteiger partial charge in [0.2, 0.25) is 0 Å². The van der Waals surface area contributed by atoms with Gasteiger partial charge in [0.1, 0.15) is 11.3 Å². The van der Waals surface area contributed by atoms with E-state index in [0.29, 0.717) is 22.5 Å². The van der Waals surface area contributed by atoms with Crippen molar-refractivity contribution in [1.29, 1.82) is 0 Å². The molecule has 30 heavy (non-hydrogen) atoms. The fourth-order valence-corrected chi connectivity index (χ4v) is 3.46. The third kappa shape index (κ3) is 3.65. The van der Waals surface area contributed by atoms with Crippen molar-refractivity contribution in [2.45, 2.75) is 19.9 Å². The highest BCUT2D eigenvalue weighted by Crippen LogP contribution is 2.37. The molecule has 0 saturated heterocycles. The van der Waals surface area contributed by atoms with Gasteiger partial charge in [0.05, 0.1) is 16.7 Å². The van der Waals surface area contributed by atoms with Crippen molar-refractivity contribution in [3.8, 4) is 5.75 Å². The van der Waals surface area contributed by atoms with E-state index in [4.69, 9.17) is 0 Å². The molecule has 7 heteroatoms. The van der Waals surface area contributed by atoms with Gasteiger partial charge in [0, 0.05) is 40.7 Å². The lowest BCUT2D eigenvalue weighted by atomic mass is 9.98. The van der Waals surface area contributed by atoms with Crippen LogP contribution in [0.2, 0.25) is 0 Å². The van der Waals surface area contributed by atoms with Gasteiger partial charge in [-0.3, -0.25) is 15.1 Å². The zero-order valence-corrected chi connectivity index (χ0v) is 16.5. The summed E-state index contributed by atoms with van der Waals surface area (Å²) in [6.45, 7) is 3.68. The lowest BCUT2D eigenvalue weighted by molar-refractivity contribution is -0.384. The standard InChI is InChI=1S/C23H20N4O3/c1-14-13-17(27(29)30)9-11-19(14)26-22(20-5-3-4-12-24-20)18-10-8-16-7-6-15(2)25-21(16)23(18)28/h3-13,22,26,28H,1-2H3. The lowest BCUT2D eigenvalue weighted by Gasteiger charge is -2.22. The molecule has 7 nitrogen and oxygen atoms in total. The molecular formula is C23H20N4O3. The molecule has 0 aliphatic heterocycles. The molecule has 2 aromatic heterocycles. The monoisotopic (exact) mass is 400 g/mol. The third-order valence-corrected chi connectivity index (χ3v) is 5.02. The first-order valence-corrected chi connectivity index (χ1v) is 9.46.